The normalized spacial score (nSPS) is 18.2. The molecule has 0 radical (unpaired) electrons. The maximum Gasteiger partial charge on any atom is 0.255 e. The number of carbonyl (C=O) groups excluding carboxylic acids is 1. The predicted octanol–water partition coefficient (Wildman–Crippen LogP) is 2.91. The Hall–Kier alpha value is -2.22. The van der Waals surface area contributed by atoms with E-state index in [0.717, 1.165) is 6.42 Å². The lowest BCUT2D eigenvalue weighted by molar-refractivity contribution is 0.0102. The monoisotopic (exact) mass is 388 g/mol. The van der Waals surface area contributed by atoms with Crippen LogP contribution in [0.4, 0.5) is 5.69 Å². The fourth-order valence-corrected chi connectivity index (χ4v) is 4.46. The first-order chi connectivity index (χ1) is 12.9. The molecule has 2 aromatic carbocycles. The fourth-order valence-electron chi connectivity index (χ4n) is 2.96. The van der Waals surface area contributed by atoms with Crippen LogP contribution in [-0.2, 0) is 21.2 Å². The molecule has 7 heteroatoms. The van der Waals surface area contributed by atoms with E-state index in [1.54, 1.807) is 0 Å². The molecule has 1 aliphatic rings. The van der Waals surface area contributed by atoms with Crippen LogP contribution in [0, 0.1) is 0 Å². The number of hydrogen-bond acceptors (Lipinski definition) is 4. The number of hydrogen-bond donors (Lipinski definition) is 1. The SMILES string of the molecule is CCc1ccc(NC(=O)c2ccc(S(=O)(=O)N3CCOC(C)C3)cc2)cc1. The molecule has 27 heavy (non-hydrogen) atoms. The molecule has 1 saturated heterocycles. The maximum absolute atomic E-state index is 12.7. The molecule has 144 valence electrons. The van der Waals surface area contributed by atoms with Crippen LogP contribution >= 0.6 is 0 Å². The Bertz CT molecular complexity index is 893. The van der Waals surface area contributed by atoms with Crippen molar-refractivity contribution in [3.63, 3.8) is 0 Å². The van der Waals surface area contributed by atoms with E-state index in [2.05, 4.69) is 12.2 Å². The minimum atomic E-state index is -3.58. The smallest absolute Gasteiger partial charge is 0.255 e. The largest absolute Gasteiger partial charge is 0.376 e. The highest BCUT2D eigenvalue weighted by molar-refractivity contribution is 7.89. The van der Waals surface area contributed by atoms with E-state index >= 15 is 0 Å². The van der Waals surface area contributed by atoms with E-state index in [-0.39, 0.29) is 16.9 Å². The number of sulfonamides is 1. The van der Waals surface area contributed by atoms with Crippen molar-refractivity contribution in [2.45, 2.75) is 31.3 Å². The van der Waals surface area contributed by atoms with Crippen molar-refractivity contribution in [1.29, 1.82) is 0 Å². The second-order valence-corrected chi connectivity index (χ2v) is 8.51. The number of benzene rings is 2. The van der Waals surface area contributed by atoms with Crippen molar-refractivity contribution >= 4 is 21.6 Å². The van der Waals surface area contributed by atoms with Crippen LogP contribution in [0.25, 0.3) is 0 Å². The molecule has 1 aliphatic heterocycles. The van der Waals surface area contributed by atoms with Gasteiger partial charge < -0.3 is 10.1 Å². The molecule has 0 saturated carbocycles. The molecule has 1 N–H and O–H groups in total. The van der Waals surface area contributed by atoms with Gasteiger partial charge in [-0.3, -0.25) is 4.79 Å². The quantitative estimate of drug-likeness (QED) is 0.855. The van der Waals surface area contributed by atoms with Crippen LogP contribution < -0.4 is 5.32 Å². The summed E-state index contributed by atoms with van der Waals surface area (Å²) in [6, 6.07) is 13.7. The zero-order valence-electron chi connectivity index (χ0n) is 15.5. The number of rotatable bonds is 5. The molecular weight excluding hydrogens is 364 g/mol. The van der Waals surface area contributed by atoms with Gasteiger partial charge >= 0.3 is 0 Å². The summed E-state index contributed by atoms with van der Waals surface area (Å²) < 4.78 is 32.3. The Morgan fingerprint density at radius 1 is 1.15 bits per heavy atom. The van der Waals surface area contributed by atoms with E-state index in [0.29, 0.717) is 30.9 Å². The minimum absolute atomic E-state index is 0.127. The lowest BCUT2D eigenvalue weighted by atomic mass is 10.1. The summed E-state index contributed by atoms with van der Waals surface area (Å²) >= 11 is 0. The standard InChI is InChI=1S/C20H24N2O4S/c1-3-16-4-8-18(9-5-16)21-20(23)17-6-10-19(11-7-17)27(24,25)22-12-13-26-15(2)14-22/h4-11,15H,3,12-14H2,1-2H3,(H,21,23). The molecule has 0 aromatic heterocycles. The first kappa shape index (κ1) is 19.5. The van der Waals surface area contributed by atoms with Gasteiger partial charge in [0.15, 0.2) is 0 Å². The third-order valence-corrected chi connectivity index (χ3v) is 6.46. The topological polar surface area (TPSA) is 75.7 Å². The third kappa shape index (κ3) is 4.55. The molecule has 1 heterocycles. The van der Waals surface area contributed by atoms with Crippen LogP contribution in [0.2, 0.25) is 0 Å². The van der Waals surface area contributed by atoms with Crippen LogP contribution in [0.3, 0.4) is 0 Å². The lowest BCUT2D eigenvalue weighted by Gasteiger charge is -2.30. The molecule has 2 aromatic rings. The van der Waals surface area contributed by atoms with Crippen LogP contribution in [0.5, 0.6) is 0 Å². The highest BCUT2D eigenvalue weighted by Gasteiger charge is 2.29. The number of ether oxygens (including phenoxy) is 1. The van der Waals surface area contributed by atoms with Gasteiger partial charge in [-0.25, -0.2) is 8.42 Å². The first-order valence-corrected chi connectivity index (χ1v) is 10.5. The fraction of sp³-hybridized carbons (Fsp3) is 0.350. The van der Waals surface area contributed by atoms with E-state index in [4.69, 9.17) is 4.74 Å². The Morgan fingerprint density at radius 2 is 1.81 bits per heavy atom. The van der Waals surface area contributed by atoms with Crippen LogP contribution in [-0.4, -0.2) is 44.4 Å². The second-order valence-electron chi connectivity index (χ2n) is 6.57. The molecule has 0 bridgehead atoms. The zero-order chi connectivity index (χ0) is 19.4. The highest BCUT2D eigenvalue weighted by atomic mass is 32.2. The number of nitrogens with zero attached hydrogens (tertiary/aromatic N) is 1. The van der Waals surface area contributed by atoms with Crippen molar-refractivity contribution in [2.75, 3.05) is 25.0 Å². The molecule has 1 amide bonds. The molecule has 0 aliphatic carbocycles. The number of nitrogens with one attached hydrogen (secondary N) is 1. The van der Waals surface area contributed by atoms with Gasteiger partial charge in [0.1, 0.15) is 0 Å². The minimum Gasteiger partial charge on any atom is -0.376 e. The number of morpholine rings is 1. The average molecular weight is 388 g/mol. The van der Waals surface area contributed by atoms with Crippen molar-refractivity contribution in [2.24, 2.45) is 0 Å². The Kier molecular flexibility index (Phi) is 5.94. The summed E-state index contributed by atoms with van der Waals surface area (Å²) in [6.07, 6.45) is 0.809. The van der Waals surface area contributed by atoms with Gasteiger partial charge in [0, 0.05) is 24.3 Å². The molecule has 3 rings (SSSR count). The molecular formula is C20H24N2O4S. The number of amides is 1. The highest BCUT2D eigenvalue weighted by Crippen LogP contribution is 2.20. The van der Waals surface area contributed by atoms with Gasteiger partial charge in [-0.15, -0.1) is 0 Å². The number of aryl methyl sites for hydroxylation is 1. The summed E-state index contributed by atoms with van der Waals surface area (Å²) in [5, 5.41) is 2.82. The van der Waals surface area contributed by atoms with Gasteiger partial charge in [0.25, 0.3) is 5.91 Å². The molecule has 0 spiro atoms. The summed E-state index contributed by atoms with van der Waals surface area (Å²) in [5.74, 6) is -0.275. The molecule has 1 fully saturated rings. The van der Waals surface area contributed by atoms with Gasteiger partial charge in [0.05, 0.1) is 17.6 Å². The third-order valence-electron chi connectivity index (χ3n) is 4.58. The molecule has 1 atom stereocenters. The molecule has 1 unspecified atom stereocenters. The Balaban J connectivity index is 1.71. The van der Waals surface area contributed by atoms with Crippen LogP contribution in [0.1, 0.15) is 29.8 Å². The van der Waals surface area contributed by atoms with Gasteiger partial charge in [-0.1, -0.05) is 19.1 Å². The summed E-state index contributed by atoms with van der Waals surface area (Å²) in [7, 11) is -3.58. The van der Waals surface area contributed by atoms with Crippen molar-refractivity contribution in [3.8, 4) is 0 Å². The van der Waals surface area contributed by atoms with E-state index < -0.39 is 10.0 Å². The maximum atomic E-state index is 12.7. The lowest BCUT2D eigenvalue weighted by Crippen LogP contribution is -2.44. The van der Waals surface area contributed by atoms with Gasteiger partial charge in [-0.05, 0) is 55.3 Å². The van der Waals surface area contributed by atoms with Crippen LogP contribution in [0.15, 0.2) is 53.4 Å². The summed E-state index contributed by atoms with van der Waals surface area (Å²) in [5.41, 5.74) is 2.31. The Labute approximate surface area is 160 Å². The van der Waals surface area contributed by atoms with Crippen molar-refractivity contribution < 1.29 is 17.9 Å². The second kappa shape index (κ2) is 8.21. The van der Waals surface area contributed by atoms with E-state index in [1.807, 2.05) is 31.2 Å². The van der Waals surface area contributed by atoms with Gasteiger partial charge in [0.2, 0.25) is 10.0 Å². The Morgan fingerprint density at radius 3 is 2.41 bits per heavy atom. The van der Waals surface area contributed by atoms with Crippen molar-refractivity contribution in [1.82, 2.24) is 4.31 Å². The summed E-state index contributed by atoms with van der Waals surface area (Å²) in [6.45, 7) is 4.97. The summed E-state index contributed by atoms with van der Waals surface area (Å²) in [4.78, 5) is 12.6. The van der Waals surface area contributed by atoms with E-state index in [9.17, 15) is 13.2 Å². The number of anilines is 1. The first-order valence-electron chi connectivity index (χ1n) is 9.02. The average Bonchev–Trinajstić information content (AvgIpc) is 2.68. The van der Waals surface area contributed by atoms with Gasteiger partial charge in [-0.2, -0.15) is 4.31 Å². The van der Waals surface area contributed by atoms with Crippen molar-refractivity contribution in [3.05, 3.63) is 59.7 Å². The zero-order valence-corrected chi connectivity index (χ0v) is 16.3. The number of carbonyl (C=O) groups is 1. The van der Waals surface area contributed by atoms with E-state index in [1.165, 1.54) is 34.1 Å². The molecule has 6 nitrogen and oxygen atoms in total. The predicted molar refractivity (Wildman–Crippen MR) is 104 cm³/mol.